The largest absolute Gasteiger partial charge is 0.381 e. The van der Waals surface area contributed by atoms with Crippen molar-refractivity contribution in [1.82, 2.24) is 0 Å². The molecule has 0 aliphatic rings. The van der Waals surface area contributed by atoms with Crippen molar-refractivity contribution in [3.8, 4) is 0 Å². The molecule has 0 aromatic carbocycles. The van der Waals surface area contributed by atoms with Crippen molar-refractivity contribution in [1.29, 1.82) is 0 Å². The van der Waals surface area contributed by atoms with Crippen LogP contribution in [0.3, 0.4) is 0 Å². The van der Waals surface area contributed by atoms with E-state index in [9.17, 15) is 4.79 Å². The molecule has 0 heterocycles. The molecule has 0 saturated heterocycles. The van der Waals surface area contributed by atoms with Gasteiger partial charge in [0, 0.05) is 7.11 Å². The van der Waals surface area contributed by atoms with Crippen LogP contribution in [0.2, 0.25) is 0 Å². The Morgan fingerprint density at radius 1 is 1.80 bits per heavy atom. The highest BCUT2D eigenvalue weighted by Crippen LogP contribution is 2.06. The highest BCUT2D eigenvalue weighted by molar-refractivity contribution is 5.78. The molecule has 0 spiro atoms. The lowest BCUT2D eigenvalue weighted by molar-refractivity contribution is -0.123. The third-order valence-corrected chi connectivity index (χ3v) is 1.46. The Bertz CT molecular complexity index is 134. The van der Waals surface area contributed by atoms with Crippen LogP contribution in [0, 0.1) is 5.92 Å². The second-order valence-electron chi connectivity index (χ2n) is 2.10. The molecule has 0 radical (unpaired) electrons. The van der Waals surface area contributed by atoms with E-state index in [0.717, 1.165) is 0 Å². The van der Waals surface area contributed by atoms with Crippen LogP contribution in [0.15, 0.2) is 12.7 Å². The average molecular weight is 143 g/mol. The number of nitrogens with two attached hydrogens (primary N) is 1. The van der Waals surface area contributed by atoms with Gasteiger partial charge in [-0.25, -0.2) is 0 Å². The summed E-state index contributed by atoms with van der Waals surface area (Å²) in [4.78, 5) is 10.6. The molecule has 0 aliphatic carbocycles. The van der Waals surface area contributed by atoms with E-state index in [4.69, 9.17) is 10.5 Å². The number of amides is 1. The maximum absolute atomic E-state index is 10.6. The summed E-state index contributed by atoms with van der Waals surface area (Å²) < 4.78 is 4.89. The monoisotopic (exact) mass is 143 g/mol. The zero-order chi connectivity index (χ0) is 8.15. The fourth-order valence-corrected chi connectivity index (χ4v) is 0.686. The molecule has 10 heavy (non-hydrogen) atoms. The minimum absolute atomic E-state index is 0.185. The van der Waals surface area contributed by atoms with E-state index in [1.54, 1.807) is 6.92 Å². The summed E-state index contributed by atoms with van der Waals surface area (Å²) in [7, 11) is 1.53. The minimum atomic E-state index is -0.399. The third-order valence-electron chi connectivity index (χ3n) is 1.46. The van der Waals surface area contributed by atoms with Crippen LogP contribution in [-0.2, 0) is 9.53 Å². The van der Waals surface area contributed by atoms with Gasteiger partial charge in [0.15, 0.2) is 0 Å². The van der Waals surface area contributed by atoms with Crippen molar-refractivity contribution >= 4 is 5.91 Å². The number of primary amides is 1. The zero-order valence-corrected chi connectivity index (χ0v) is 6.33. The normalized spacial score (nSPS) is 15.8. The van der Waals surface area contributed by atoms with E-state index in [-0.39, 0.29) is 12.0 Å². The van der Waals surface area contributed by atoms with E-state index in [1.807, 2.05) is 0 Å². The van der Waals surface area contributed by atoms with Gasteiger partial charge in [0.2, 0.25) is 5.91 Å². The predicted octanol–water partition coefficient (Wildman–Crippen LogP) is 0.309. The van der Waals surface area contributed by atoms with Gasteiger partial charge in [-0.2, -0.15) is 0 Å². The van der Waals surface area contributed by atoms with E-state index in [1.165, 1.54) is 13.2 Å². The van der Waals surface area contributed by atoms with Crippen LogP contribution in [0.5, 0.6) is 0 Å². The fourth-order valence-electron chi connectivity index (χ4n) is 0.686. The van der Waals surface area contributed by atoms with Gasteiger partial charge in [-0.15, -0.1) is 6.58 Å². The Labute approximate surface area is 60.9 Å². The zero-order valence-electron chi connectivity index (χ0n) is 6.33. The van der Waals surface area contributed by atoms with Crippen LogP contribution >= 0.6 is 0 Å². The lowest BCUT2D eigenvalue weighted by Gasteiger charge is -2.14. The topological polar surface area (TPSA) is 52.3 Å². The van der Waals surface area contributed by atoms with Gasteiger partial charge >= 0.3 is 0 Å². The number of hydrogen-bond acceptors (Lipinski definition) is 2. The summed E-state index contributed by atoms with van der Waals surface area (Å²) in [5.41, 5.74) is 5.03. The SMILES string of the molecule is C=C[C@H](C(N)=O)[C@@H](C)OC. The van der Waals surface area contributed by atoms with E-state index in [2.05, 4.69) is 6.58 Å². The van der Waals surface area contributed by atoms with Crippen molar-refractivity contribution in [2.45, 2.75) is 13.0 Å². The smallest absolute Gasteiger partial charge is 0.226 e. The predicted molar refractivity (Wildman–Crippen MR) is 39.4 cm³/mol. The summed E-state index contributed by atoms with van der Waals surface area (Å²) in [6.45, 7) is 5.25. The van der Waals surface area contributed by atoms with Crippen LogP contribution < -0.4 is 5.73 Å². The Morgan fingerprint density at radius 2 is 2.30 bits per heavy atom. The van der Waals surface area contributed by atoms with Crippen molar-refractivity contribution in [2.75, 3.05) is 7.11 Å². The molecule has 0 aliphatic heterocycles. The van der Waals surface area contributed by atoms with Crippen LogP contribution in [0.25, 0.3) is 0 Å². The second-order valence-corrected chi connectivity index (χ2v) is 2.10. The molecular formula is C7H13NO2. The standard InChI is InChI=1S/C7H13NO2/c1-4-6(7(8)9)5(2)10-3/h4-6H,1H2,2-3H3,(H2,8,9)/t5-,6+/m1/s1. The van der Waals surface area contributed by atoms with E-state index >= 15 is 0 Å². The van der Waals surface area contributed by atoms with E-state index in [0.29, 0.717) is 0 Å². The number of methoxy groups -OCH3 is 1. The molecule has 3 heteroatoms. The van der Waals surface area contributed by atoms with Crippen molar-refractivity contribution < 1.29 is 9.53 Å². The molecule has 2 atom stereocenters. The molecule has 0 fully saturated rings. The first kappa shape index (κ1) is 9.17. The summed E-state index contributed by atoms with van der Waals surface area (Å²) in [6.07, 6.45) is 1.31. The lowest BCUT2D eigenvalue weighted by Crippen LogP contribution is -2.31. The van der Waals surface area contributed by atoms with Gasteiger partial charge in [-0.3, -0.25) is 4.79 Å². The van der Waals surface area contributed by atoms with E-state index < -0.39 is 5.91 Å². The van der Waals surface area contributed by atoms with Crippen molar-refractivity contribution in [3.05, 3.63) is 12.7 Å². The molecule has 58 valence electrons. The van der Waals surface area contributed by atoms with Gasteiger partial charge in [0.1, 0.15) is 0 Å². The van der Waals surface area contributed by atoms with Crippen molar-refractivity contribution in [3.63, 3.8) is 0 Å². The Hall–Kier alpha value is -0.830. The quantitative estimate of drug-likeness (QED) is 0.576. The Balaban J connectivity index is 4.05. The number of hydrogen-bond donors (Lipinski definition) is 1. The molecule has 0 bridgehead atoms. The summed E-state index contributed by atoms with van der Waals surface area (Å²) in [5.74, 6) is -0.783. The molecular weight excluding hydrogens is 130 g/mol. The highest BCUT2D eigenvalue weighted by Gasteiger charge is 2.18. The van der Waals surface area contributed by atoms with Gasteiger partial charge in [-0.05, 0) is 6.92 Å². The Morgan fingerprint density at radius 3 is 2.40 bits per heavy atom. The first-order valence-corrected chi connectivity index (χ1v) is 3.08. The maximum Gasteiger partial charge on any atom is 0.226 e. The first-order valence-electron chi connectivity index (χ1n) is 3.08. The first-order chi connectivity index (χ1) is 4.63. The molecule has 2 N–H and O–H groups in total. The molecule has 1 amide bonds. The number of ether oxygens (including phenoxy) is 1. The molecule has 0 saturated carbocycles. The van der Waals surface area contributed by atoms with Gasteiger partial charge in [-0.1, -0.05) is 6.08 Å². The number of rotatable bonds is 4. The number of carbonyl (C=O) groups excluding carboxylic acids is 1. The number of carbonyl (C=O) groups is 1. The van der Waals surface area contributed by atoms with Crippen LogP contribution in [0.4, 0.5) is 0 Å². The highest BCUT2D eigenvalue weighted by atomic mass is 16.5. The third kappa shape index (κ3) is 2.19. The fraction of sp³-hybridized carbons (Fsp3) is 0.571. The summed E-state index contributed by atoms with van der Waals surface area (Å²) in [5, 5.41) is 0. The summed E-state index contributed by atoms with van der Waals surface area (Å²) in [6, 6.07) is 0. The van der Waals surface area contributed by atoms with Gasteiger partial charge in [0.25, 0.3) is 0 Å². The second kappa shape index (κ2) is 4.06. The minimum Gasteiger partial charge on any atom is -0.381 e. The molecule has 0 aromatic rings. The Kier molecular flexibility index (Phi) is 3.72. The average Bonchev–Trinajstić information content (AvgIpc) is 1.88. The lowest BCUT2D eigenvalue weighted by atomic mass is 10.0. The maximum atomic E-state index is 10.6. The van der Waals surface area contributed by atoms with Gasteiger partial charge in [0.05, 0.1) is 12.0 Å². The molecule has 0 aromatic heterocycles. The van der Waals surface area contributed by atoms with Crippen molar-refractivity contribution in [2.24, 2.45) is 11.7 Å². The molecule has 3 nitrogen and oxygen atoms in total. The van der Waals surface area contributed by atoms with Crippen LogP contribution in [-0.4, -0.2) is 19.1 Å². The molecule has 0 rings (SSSR count). The van der Waals surface area contributed by atoms with Gasteiger partial charge < -0.3 is 10.5 Å². The molecule has 0 unspecified atom stereocenters. The van der Waals surface area contributed by atoms with Crippen LogP contribution in [0.1, 0.15) is 6.92 Å². The summed E-state index contributed by atoms with van der Waals surface area (Å²) >= 11 is 0.